The maximum Gasteiger partial charge on any atom is 0.305 e. The molecular weight excluding hydrogens is 263 g/mol. The fourth-order valence-corrected chi connectivity index (χ4v) is 1.41. The van der Waals surface area contributed by atoms with Crippen molar-refractivity contribution in [2.45, 2.75) is 19.9 Å². The molecule has 1 atom stereocenters. The SMILES string of the molecule is CC(C)(CO)[C@@H](N)c1ccc(F)c([N+](=O)[O-])c1.Cl. The van der Waals surface area contributed by atoms with Crippen LogP contribution >= 0.6 is 12.4 Å². The van der Waals surface area contributed by atoms with E-state index >= 15 is 0 Å². The Bertz CT molecular complexity index is 440. The predicted molar refractivity (Wildman–Crippen MR) is 68.1 cm³/mol. The summed E-state index contributed by atoms with van der Waals surface area (Å²) in [5.74, 6) is -0.896. The molecule has 3 N–H and O–H groups in total. The highest BCUT2D eigenvalue weighted by Crippen LogP contribution is 2.32. The van der Waals surface area contributed by atoms with Crippen LogP contribution in [0.25, 0.3) is 0 Å². The summed E-state index contributed by atoms with van der Waals surface area (Å²) < 4.78 is 13.1. The first-order valence-electron chi connectivity index (χ1n) is 5.10. The van der Waals surface area contributed by atoms with Gasteiger partial charge in [-0.25, -0.2) is 0 Å². The third-order valence-corrected chi connectivity index (χ3v) is 2.78. The lowest BCUT2D eigenvalue weighted by molar-refractivity contribution is -0.387. The summed E-state index contributed by atoms with van der Waals surface area (Å²) >= 11 is 0. The topological polar surface area (TPSA) is 89.4 Å². The molecule has 0 radical (unpaired) electrons. The number of rotatable bonds is 4. The molecule has 0 aromatic heterocycles. The second-order valence-corrected chi connectivity index (χ2v) is 4.59. The van der Waals surface area contributed by atoms with Gasteiger partial charge in [0.1, 0.15) is 0 Å². The summed E-state index contributed by atoms with van der Waals surface area (Å²) in [6.07, 6.45) is 0. The first kappa shape index (κ1) is 16.8. The van der Waals surface area contributed by atoms with E-state index in [2.05, 4.69) is 0 Å². The molecule has 0 saturated carbocycles. The van der Waals surface area contributed by atoms with Crippen molar-refractivity contribution in [3.05, 3.63) is 39.7 Å². The average molecular weight is 279 g/mol. The Kier molecular flexibility index (Phi) is 5.66. The lowest BCUT2D eigenvalue weighted by Gasteiger charge is -2.29. The predicted octanol–water partition coefficient (Wildman–Crippen LogP) is 2.17. The van der Waals surface area contributed by atoms with Crippen molar-refractivity contribution in [3.8, 4) is 0 Å². The number of hydrogen-bond donors (Lipinski definition) is 2. The highest BCUT2D eigenvalue weighted by molar-refractivity contribution is 5.85. The third-order valence-electron chi connectivity index (χ3n) is 2.78. The molecule has 0 aliphatic heterocycles. The van der Waals surface area contributed by atoms with Crippen molar-refractivity contribution < 1.29 is 14.4 Å². The summed E-state index contributed by atoms with van der Waals surface area (Å²) in [5.41, 5.74) is 5.09. The molecule has 0 aliphatic rings. The van der Waals surface area contributed by atoms with E-state index in [0.717, 1.165) is 12.1 Å². The van der Waals surface area contributed by atoms with Crippen LogP contribution < -0.4 is 5.73 Å². The first-order chi connectivity index (χ1) is 7.79. The van der Waals surface area contributed by atoms with Gasteiger partial charge in [0.05, 0.1) is 4.92 Å². The Balaban J connectivity index is 0.00000289. The highest BCUT2D eigenvalue weighted by atomic mass is 35.5. The molecule has 7 heteroatoms. The number of nitrogens with two attached hydrogens (primary N) is 1. The summed E-state index contributed by atoms with van der Waals surface area (Å²) in [5, 5.41) is 19.8. The van der Waals surface area contributed by atoms with Gasteiger partial charge in [-0.3, -0.25) is 10.1 Å². The van der Waals surface area contributed by atoms with E-state index in [-0.39, 0.29) is 19.0 Å². The van der Waals surface area contributed by atoms with Gasteiger partial charge in [0.2, 0.25) is 5.82 Å². The van der Waals surface area contributed by atoms with Gasteiger partial charge in [0.25, 0.3) is 0 Å². The smallest absolute Gasteiger partial charge is 0.305 e. The van der Waals surface area contributed by atoms with Crippen LogP contribution in [0.3, 0.4) is 0 Å². The molecule has 0 unspecified atom stereocenters. The largest absolute Gasteiger partial charge is 0.396 e. The van der Waals surface area contributed by atoms with Crippen molar-refractivity contribution in [2.24, 2.45) is 11.1 Å². The second kappa shape index (κ2) is 6.08. The summed E-state index contributed by atoms with van der Waals surface area (Å²) in [6.45, 7) is 3.29. The van der Waals surface area contributed by atoms with Gasteiger partial charge < -0.3 is 10.8 Å². The van der Waals surface area contributed by atoms with E-state index < -0.39 is 27.9 Å². The molecule has 18 heavy (non-hydrogen) atoms. The van der Waals surface area contributed by atoms with E-state index in [1.54, 1.807) is 13.8 Å². The minimum absolute atomic E-state index is 0. The Labute approximate surface area is 110 Å². The number of nitro groups is 1. The summed E-state index contributed by atoms with van der Waals surface area (Å²) in [7, 11) is 0. The second-order valence-electron chi connectivity index (χ2n) is 4.59. The summed E-state index contributed by atoms with van der Waals surface area (Å²) in [6, 6.07) is 2.91. The van der Waals surface area contributed by atoms with E-state index in [1.165, 1.54) is 6.07 Å². The van der Waals surface area contributed by atoms with Gasteiger partial charge in [-0.05, 0) is 11.6 Å². The van der Waals surface area contributed by atoms with Gasteiger partial charge in [0, 0.05) is 24.1 Å². The van der Waals surface area contributed by atoms with Crippen molar-refractivity contribution >= 4 is 18.1 Å². The van der Waals surface area contributed by atoms with Crippen LogP contribution in [-0.4, -0.2) is 16.6 Å². The molecule has 0 saturated heterocycles. The van der Waals surface area contributed by atoms with E-state index in [1.807, 2.05) is 0 Å². The minimum Gasteiger partial charge on any atom is -0.396 e. The molecule has 0 heterocycles. The molecule has 0 fully saturated rings. The zero-order chi connectivity index (χ0) is 13.2. The average Bonchev–Trinajstić information content (AvgIpc) is 2.28. The van der Waals surface area contributed by atoms with Gasteiger partial charge in [-0.1, -0.05) is 19.9 Å². The lowest BCUT2D eigenvalue weighted by atomic mass is 9.82. The van der Waals surface area contributed by atoms with E-state index in [4.69, 9.17) is 5.73 Å². The van der Waals surface area contributed by atoms with Crippen molar-refractivity contribution in [1.29, 1.82) is 0 Å². The van der Waals surface area contributed by atoms with Crippen molar-refractivity contribution in [2.75, 3.05) is 6.61 Å². The van der Waals surface area contributed by atoms with Crippen molar-refractivity contribution in [3.63, 3.8) is 0 Å². The molecule has 0 bridgehead atoms. The van der Waals surface area contributed by atoms with E-state index in [0.29, 0.717) is 5.56 Å². The highest BCUT2D eigenvalue weighted by Gasteiger charge is 2.28. The van der Waals surface area contributed by atoms with Crippen LogP contribution in [0, 0.1) is 21.3 Å². The summed E-state index contributed by atoms with van der Waals surface area (Å²) in [4.78, 5) is 9.80. The molecule has 102 valence electrons. The quantitative estimate of drug-likeness (QED) is 0.652. The molecule has 0 spiro atoms. The van der Waals surface area contributed by atoms with E-state index in [9.17, 15) is 19.6 Å². The molecule has 1 aromatic rings. The lowest BCUT2D eigenvalue weighted by Crippen LogP contribution is -2.32. The maximum atomic E-state index is 13.1. The number of halogens is 2. The molecule has 1 aromatic carbocycles. The Morgan fingerprint density at radius 2 is 2.11 bits per heavy atom. The third kappa shape index (κ3) is 3.38. The maximum absolute atomic E-state index is 13.1. The van der Waals surface area contributed by atoms with Crippen LogP contribution in [0.5, 0.6) is 0 Å². The van der Waals surface area contributed by atoms with Crippen LogP contribution in [0.1, 0.15) is 25.5 Å². The molecule has 5 nitrogen and oxygen atoms in total. The van der Waals surface area contributed by atoms with Crippen LogP contribution in [0.4, 0.5) is 10.1 Å². The number of nitrogens with zero attached hydrogens (tertiary/aromatic N) is 1. The fraction of sp³-hybridized carbons (Fsp3) is 0.455. The first-order valence-corrected chi connectivity index (χ1v) is 5.10. The van der Waals surface area contributed by atoms with Gasteiger partial charge in [-0.15, -0.1) is 12.4 Å². The zero-order valence-corrected chi connectivity index (χ0v) is 10.9. The molecular formula is C11H16ClFN2O3. The van der Waals surface area contributed by atoms with Crippen LogP contribution in [0.2, 0.25) is 0 Å². The number of aliphatic hydroxyl groups is 1. The minimum atomic E-state index is -0.896. The number of hydrogen-bond acceptors (Lipinski definition) is 4. The molecule has 1 rings (SSSR count). The fourth-order valence-electron chi connectivity index (χ4n) is 1.41. The van der Waals surface area contributed by atoms with Crippen molar-refractivity contribution in [1.82, 2.24) is 0 Å². The monoisotopic (exact) mass is 278 g/mol. The Hall–Kier alpha value is -1.24. The standard InChI is InChI=1S/C11H15FN2O3.ClH/c1-11(2,6-15)10(13)7-3-4-8(12)9(5-7)14(16)17;/h3-5,10,15H,6,13H2,1-2H3;1H/t10-;/m0./s1. The molecule has 0 aliphatic carbocycles. The van der Waals surface area contributed by atoms with Crippen LogP contribution in [0.15, 0.2) is 18.2 Å². The normalized spacial score (nSPS) is 12.7. The molecule has 0 amide bonds. The number of aliphatic hydroxyl groups excluding tert-OH is 1. The van der Waals surface area contributed by atoms with Gasteiger partial charge in [0.15, 0.2) is 0 Å². The Morgan fingerprint density at radius 3 is 2.56 bits per heavy atom. The van der Waals surface area contributed by atoms with Gasteiger partial charge >= 0.3 is 5.69 Å². The van der Waals surface area contributed by atoms with Crippen LogP contribution in [-0.2, 0) is 0 Å². The zero-order valence-electron chi connectivity index (χ0n) is 10.1. The Morgan fingerprint density at radius 1 is 1.56 bits per heavy atom. The number of benzene rings is 1. The van der Waals surface area contributed by atoms with Gasteiger partial charge in [-0.2, -0.15) is 4.39 Å². The number of nitro benzene ring substituents is 1.